The van der Waals surface area contributed by atoms with Crippen molar-refractivity contribution in [3.63, 3.8) is 0 Å². The zero-order valence-corrected chi connectivity index (χ0v) is 12.2. The zero-order chi connectivity index (χ0) is 14.3. The Kier molecular flexibility index (Phi) is 3.12. The topological polar surface area (TPSA) is 49.6 Å². The van der Waals surface area contributed by atoms with Crippen LogP contribution in [-0.2, 0) is 0 Å². The number of nitrogens with one attached hydrogen (secondary N) is 1. The van der Waals surface area contributed by atoms with Gasteiger partial charge in [-0.05, 0) is 30.9 Å². The number of hydrogen-bond donors (Lipinski definition) is 1. The van der Waals surface area contributed by atoms with Crippen molar-refractivity contribution in [2.24, 2.45) is 5.92 Å². The van der Waals surface area contributed by atoms with E-state index in [0.717, 1.165) is 30.2 Å². The molecule has 1 aliphatic heterocycles. The van der Waals surface area contributed by atoms with E-state index >= 15 is 0 Å². The summed E-state index contributed by atoms with van der Waals surface area (Å²) in [6.45, 7) is 6.52. The van der Waals surface area contributed by atoms with Crippen LogP contribution in [-0.4, -0.2) is 35.4 Å². The molecule has 1 amide bonds. The van der Waals surface area contributed by atoms with Gasteiger partial charge >= 0.3 is 0 Å². The van der Waals surface area contributed by atoms with Crippen LogP contribution in [0.5, 0.6) is 0 Å². The normalized spacial score (nSPS) is 18.8. The van der Waals surface area contributed by atoms with Gasteiger partial charge in [-0.2, -0.15) is 0 Å². The average molecular weight is 272 g/mol. The average Bonchev–Trinajstić information content (AvgIpc) is 3.04. The van der Waals surface area contributed by atoms with E-state index in [-0.39, 0.29) is 5.91 Å². The van der Waals surface area contributed by atoms with Gasteiger partial charge in [0.05, 0.1) is 5.69 Å². The second kappa shape index (κ2) is 4.81. The summed E-state index contributed by atoms with van der Waals surface area (Å²) in [4.78, 5) is 18.5. The first kappa shape index (κ1) is 13.0. The van der Waals surface area contributed by atoms with Crippen molar-refractivity contribution in [2.75, 3.05) is 25.0 Å². The van der Waals surface area contributed by atoms with E-state index in [1.54, 1.807) is 13.2 Å². The van der Waals surface area contributed by atoms with Crippen LogP contribution in [0.4, 0.5) is 5.69 Å². The van der Waals surface area contributed by atoms with Gasteiger partial charge in [-0.15, -0.1) is 0 Å². The smallest absolute Gasteiger partial charge is 0.271 e. The van der Waals surface area contributed by atoms with Crippen molar-refractivity contribution < 1.29 is 4.79 Å². The number of nitrogens with zero attached hydrogens (tertiary/aromatic N) is 3. The van der Waals surface area contributed by atoms with E-state index in [1.165, 1.54) is 12.1 Å². The lowest BCUT2D eigenvalue weighted by molar-refractivity contribution is 0.0959. The number of aryl methyl sites for hydroxylation is 1. The SMILES string of the molecule is CNC(=O)c1cn2cc(N3CCC(C)C3)cc(C)c2n1. The third-order valence-corrected chi connectivity index (χ3v) is 3.97. The first-order valence-electron chi connectivity index (χ1n) is 7.05. The second-order valence-corrected chi connectivity index (χ2v) is 5.66. The Labute approximate surface area is 118 Å². The molecular weight excluding hydrogens is 252 g/mol. The van der Waals surface area contributed by atoms with Crippen molar-refractivity contribution in [3.05, 3.63) is 29.7 Å². The van der Waals surface area contributed by atoms with Gasteiger partial charge < -0.3 is 14.6 Å². The number of hydrogen-bond acceptors (Lipinski definition) is 3. The van der Waals surface area contributed by atoms with Crippen LogP contribution in [0.3, 0.4) is 0 Å². The van der Waals surface area contributed by atoms with Crippen LogP contribution in [0.2, 0.25) is 0 Å². The predicted molar refractivity (Wildman–Crippen MR) is 79.3 cm³/mol. The fourth-order valence-corrected chi connectivity index (χ4v) is 2.83. The Hall–Kier alpha value is -2.04. The van der Waals surface area contributed by atoms with Crippen LogP contribution in [0.25, 0.3) is 5.65 Å². The number of amides is 1. The molecular formula is C15H20N4O. The number of carbonyl (C=O) groups excluding carboxylic acids is 1. The van der Waals surface area contributed by atoms with E-state index in [2.05, 4.69) is 34.4 Å². The van der Waals surface area contributed by atoms with Gasteiger partial charge in [-0.1, -0.05) is 6.92 Å². The molecule has 0 spiro atoms. The summed E-state index contributed by atoms with van der Waals surface area (Å²) < 4.78 is 1.96. The first-order valence-corrected chi connectivity index (χ1v) is 7.05. The van der Waals surface area contributed by atoms with E-state index in [0.29, 0.717) is 5.69 Å². The molecule has 1 N–H and O–H groups in total. The highest BCUT2D eigenvalue weighted by Gasteiger charge is 2.20. The van der Waals surface area contributed by atoms with Crippen LogP contribution < -0.4 is 10.2 Å². The minimum atomic E-state index is -0.149. The van der Waals surface area contributed by atoms with Crippen molar-refractivity contribution in [1.29, 1.82) is 0 Å². The molecule has 20 heavy (non-hydrogen) atoms. The molecule has 106 valence electrons. The molecule has 2 aromatic rings. The number of imidazole rings is 1. The number of fused-ring (bicyclic) bond motifs is 1. The lowest BCUT2D eigenvalue weighted by atomic mass is 10.2. The summed E-state index contributed by atoms with van der Waals surface area (Å²) >= 11 is 0. The highest BCUT2D eigenvalue weighted by molar-refractivity contribution is 5.92. The molecule has 1 unspecified atom stereocenters. The van der Waals surface area contributed by atoms with Crippen LogP contribution >= 0.6 is 0 Å². The molecule has 2 aromatic heterocycles. The number of rotatable bonds is 2. The van der Waals surface area contributed by atoms with Crippen LogP contribution in [0.15, 0.2) is 18.5 Å². The summed E-state index contributed by atoms with van der Waals surface area (Å²) in [6.07, 6.45) is 5.11. The summed E-state index contributed by atoms with van der Waals surface area (Å²) in [6, 6.07) is 2.16. The van der Waals surface area contributed by atoms with E-state index < -0.39 is 0 Å². The standard InChI is InChI=1S/C15H20N4O/c1-10-4-5-18(7-10)12-6-11(2)14-17-13(15(20)16-3)9-19(14)8-12/h6,8-10H,4-5,7H2,1-3H3,(H,16,20). The Morgan fingerprint density at radius 2 is 2.25 bits per heavy atom. The lowest BCUT2D eigenvalue weighted by Crippen LogP contribution is -2.19. The van der Waals surface area contributed by atoms with Gasteiger partial charge in [-0.3, -0.25) is 4.79 Å². The Morgan fingerprint density at radius 1 is 1.45 bits per heavy atom. The maximum atomic E-state index is 11.7. The van der Waals surface area contributed by atoms with E-state index in [4.69, 9.17) is 0 Å². The molecule has 3 rings (SSSR count). The van der Waals surface area contributed by atoms with Gasteiger partial charge in [0, 0.05) is 32.5 Å². The highest BCUT2D eigenvalue weighted by atomic mass is 16.1. The van der Waals surface area contributed by atoms with Gasteiger partial charge in [-0.25, -0.2) is 4.98 Å². The minimum Gasteiger partial charge on any atom is -0.370 e. The maximum absolute atomic E-state index is 11.7. The van der Waals surface area contributed by atoms with E-state index in [9.17, 15) is 4.79 Å². The van der Waals surface area contributed by atoms with E-state index in [1.807, 2.05) is 11.3 Å². The lowest BCUT2D eigenvalue weighted by Gasteiger charge is -2.19. The van der Waals surface area contributed by atoms with Crippen molar-refractivity contribution in [3.8, 4) is 0 Å². The summed E-state index contributed by atoms with van der Waals surface area (Å²) in [5, 5.41) is 2.61. The molecule has 1 atom stereocenters. The Bertz CT molecular complexity index is 661. The molecule has 0 aromatic carbocycles. The molecule has 5 heteroatoms. The molecule has 1 saturated heterocycles. The molecule has 0 bridgehead atoms. The maximum Gasteiger partial charge on any atom is 0.271 e. The molecule has 0 radical (unpaired) electrons. The number of aromatic nitrogens is 2. The van der Waals surface area contributed by atoms with Gasteiger partial charge in [0.1, 0.15) is 11.3 Å². The molecule has 5 nitrogen and oxygen atoms in total. The second-order valence-electron chi connectivity index (χ2n) is 5.66. The molecule has 1 fully saturated rings. The highest BCUT2D eigenvalue weighted by Crippen LogP contribution is 2.25. The van der Waals surface area contributed by atoms with Crippen LogP contribution in [0, 0.1) is 12.8 Å². The zero-order valence-electron chi connectivity index (χ0n) is 12.2. The monoisotopic (exact) mass is 272 g/mol. The number of carbonyl (C=O) groups is 1. The van der Waals surface area contributed by atoms with Gasteiger partial charge in [0.15, 0.2) is 0 Å². The number of anilines is 1. The minimum absolute atomic E-state index is 0.149. The fourth-order valence-electron chi connectivity index (χ4n) is 2.83. The Morgan fingerprint density at radius 3 is 2.90 bits per heavy atom. The van der Waals surface area contributed by atoms with Crippen molar-refractivity contribution in [2.45, 2.75) is 20.3 Å². The number of pyridine rings is 1. The molecule has 3 heterocycles. The fraction of sp³-hybridized carbons (Fsp3) is 0.467. The quantitative estimate of drug-likeness (QED) is 0.907. The molecule has 0 aliphatic carbocycles. The van der Waals surface area contributed by atoms with Gasteiger partial charge in [0.25, 0.3) is 5.91 Å². The summed E-state index contributed by atoms with van der Waals surface area (Å²) in [5.41, 5.74) is 3.61. The van der Waals surface area contributed by atoms with Crippen molar-refractivity contribution >= 4 is 17.2 Å². The Balaban J connectivity index is 2.02. The molecule has 1 aliphatic rings. The van der Waals surface area contributed by atoms with Crippen molar-refractivity contribution in [1.82, 2.24) is 14.7 Å². The third kappa shape index (κ3) is 2.13. The predicted octanol–water partition coefficient (Wildman–Crippen LogP) is 1.85. The third-order valence-electron chi connectivity index (χ3n) is 3.97. The van der Waals surface area contributed by atoms with Crippen LogP contribution in [0.1, 0.15) is 29.4 Å². The first-order chi connectivity index (χ1) is 9.58. The summed E-state index contributed by atoms with van der Waals surface area (Å²) in [7, 11) is 1.62. The summed E-state index contributed by atoms with van der Waals surface area (Å²) in [5.74, 6) is 0.597. The van der Waals surface area contributed by atoms with Gasteiger partial charge in [0.2, 0.25) is 0 Å². The molecule has 0 saturated carbocycles. The largest absolute Gasteiger partial charge is 0.370 e.